The first kappa shape index (κ1) is 18.7. The summed E-state index contributed by atoms with van der Waals surface area (Å²) in [6.07, 6.45) is 1.45. The lowest BCUT2D eigenvalue weighted by molar-refractivity contribution is 0.947. The first-order chi connectivity index (χ1) is 14.6. The van der Waals surface area contributed by atoms with E-state index in [2.05, 4.69) is 31.3 Å². The van der Waals surface area contributed by atoms with Crippen molar-refractivity contribution in [3.05, 3.63) is 86.7 Å². The van der Waals surface area contributed by atoms with Crippen molar-refractivity contribution < 1.29 is 0 Å². The Morgan fingerprint density at radius 2 is 1.80 bits per heavy atom. The number of benzene rings is 2. The fraction of sp³-hybridized carbons (Fsp3) is 0. The Kier molecular flexibility index (Phi) is 4.65. The van der Waals surface area contributed by atoms with Crippen LogP contribution in [0.15, 0.2) is 76.1 Å². The minimum absolute atomic E-state index is 0.281. The Morgan fingerprint density at radius 1 is 0.967 bits per heavy atom. The predicted octanol–water partition coefficient (Wildman–Crippen LogP) is 4.86. The molecule has 146 valence electrons. The van der Waals surface area contributed by atoms with Crippen molar-refractivity contribution in [3.8, 4) is 11.4 Å². The van der Waals surface area contributed by atoms with Crippen molar-refractivity contribution in [1.29, 1.82) is 0 Å². The summed E-state index contributed by atoms with van der Waals surface area (Å²) in [6.45, 7) is 0. The molecule has 0 spiro atoms. The van der Waals surface area contributed by atoms with Gasteiger partial charge in [-0.1, -0.05) is 23.7 Å². The van der Waals surface area contributed by atoms with Gasteiger partial charge in [-0.05, 0) is 64.5 Å². The first-order valence-electron chi connectivity index (χ1n) is 8.93. The van der Waals surface area contributed by atoms with E-state index in [9.17, 15) is 4.79 Å². The highest BCUT2D eigenvalue weighted by Gasteiger charge is 2.16. The maximum Gasteiger partial charge on any atom is 0.293 e. The van der Waals surface area contributed by atoms with Gasteiger partial charge < -0.3 is 5.32 Å². The van der Waals surface area contributed by atoms with Crippen molar-refractivity contribution in [3.63, 3.8) is 0 Å². The van der Waals surface area contributed by atoms with Gasteiger partial charge in [0.2, 0.25) is 5.95 Å². The molecule has 0 aliphatic heterocycles. The molecule has 0 fully saturated rings. The van der Waals surface area contributed by atoms with E-state index in [0.717, 1.165) is 15.4 Å². The van der Waals surface area contributed by atoms with Crippen molar-refractivity contribution >= 4 is 55.7 Å². The maximum atomic E-state index is 12.3. The Morgan fingerprint density at radius 3 is 2.63 bits per heavy atom. The summed E-state index contributed by atoms with van der Waals surface area (Å²) in [7, 11) is 0. The number of para-hydroxylation sites is 1. The van der Waals surface area contributed by atoms with Gasteiger partial charge in [-0.25, -0.2) is 15.0 Å². The molecular formula is C21H12BrClN6O. The first-order valence-corrected chi connectivity index (χ1v) is 10.1. The molecule has 0 bridgehead atoms. The van der Waals surface area contributed by atoms with E-state index < -0.39 is 5.56 Å². The number of rotatable bonds is 3. The molecule has 7 nitrogen and oxygen atoms in total. The van der Waals surface area contributed by atoms with Crippen LogP contribution in [0.25, 0.3) is 27.9 Å². The third-order valence-corrected chi connectivity index (χ3v) is 5.38. The second-order valence-corrected chi connectivity index (χ2v) is 7.71. The van der Waals surface area contributed by atoms with Crippen LogP contribution in [0.2, 0.25) is 5.02 Å². The van der Waals surface area contributed by atoms with E-state index in [-0.39, 0.29) is 5.69 Å². The van der Waals surface area contributed by atoms with Gasteiger partial charge in [0.15, 0.2) is 11.5 Å². The van der Waals surface area contributed by atoms with Crippen LogP contribution in [0, 0.1) is 0 Å². The molecular weight excluding hydrogens is 468 g/mol. The summed E-state index contributed by atoms with van der Waals surface area (Å²) in [6, 6.07) is 18.1. The molecule has 0 amide bonds. The largest absolute Gasteiger partial charge is 0.319 e. The van der Waals surface area contributed by atoms with Crippen LogP contribution in [0.4, 0.5) is 11.6 Å². The van der Waals surface area contributed by atoms with Gasteiger partial charge in [-0.15, -0.1) is 5.10 Å². The molecule has 30 heavy (non-hydrogen) atoms. The van der Waals surface area contributed by atoms with Gasteiger partial charge in [-0.2, -0.15) is 4.52 Å². The molecule has 5 rings (SSSR count). The number of aromatic nitrogens is 5. The van der Waals surface area contributed by atoms with Crippen LogP contribution in [0.3, 0.4) is 0 Å². The second-order valence-electron chi connectivity index (χ2n) is 6.42. The zero-order valence-electron chi connectivity index (χ0n) is 15.3. The van der Waals surface area contributed by atoms with E-state index >= 15 is 0 Å². The maximum absolute atomic E-state index is 12.3. The Hall–Kier alpha value is -3.36. The molecule has 0 saturated heterocycles. The van der Waals surface area contributed by atoms with Crippen LogP contribution in [0.5, 0.6) is 0 Å². The highest BCUT2D eigenvalue weighted by atomic mass is 79.9. The number of anilines is 2. The summed E-state index contributed by atoms with van der Waals surface area (Å²) in [4.78, 5) is 25.6. The van der Waals surface area contributed by atoms with Gasteiger partial charge in [0, 0.05) is 26.6 Å². The molecule has 1 N–H and O–H groups in total. The summed E-state index contributed by atoms with van der Waals surface area (Å²) in [5.41, 5.74) is 2.00. The average Bonchev–Trinajstić information content (AvgIpc) is 3.10. The van der Waals surface area contributed by atoms with Crippen LogP contribution in [-0.2, 0) is 0 Å². The molecule has 0 aliphatic carbocycles. The fourth-order valence-corrected chi connectivity index (χ4v) is 3.65. The Balaban J connectivity index is 1.78. The Bertz CT molecular complexity index is 1470. The zero-order valence-corrected chi connectivity index (χ0v) is 17.6. The van der Waals surface area contributed by atoms with Crippen molar-refractivity contribution in [2.75, 3.05) is 5.32 Å². The normalized spacial score (nSPS) is 11.1. The van der Waals surface area contributed by atoms with Crippen LogP contribution < -0.4 is 10.9 Å². The van der Waals surface area contributed by atoms with E-state index in [1.54, 1.807) is 34.8 Å². The van der Waals surface area contributed by atoms with E-state index in [1.807, 2.05) is 30.3 Å². The van der Waals surface area contributed by atoms with Gasteiger partial charge in [-0.3, -0.25) is 4.79 Å². The minimum atomic E-state index is -0.403. The van der Waals surface area contributed by atoms with Crippen LogP contribution >= 0.6 is 27.5 Å². The molecule has 5 aromatic rings. The molecule has 3 heterocycles. The lowest BCUT2D eigenvalue weighted by Gasteiger charge is -2.08. The average molecular weight is 480 g/mol. The summed E-state index contributed by atoms with van der Waals surface area (Å²) in [5.74, 6) is 0.866. The summed E-state index contributed by atoms with van der Waals surface area (Å²) < 4.78 is 2.39. The van der Waals surface area contributed by atoms with E-state index in [0.29, 0.717) is 28.0 Å². The second kappa shape index (κ2) is 7.47. The van der Waals surface area contributed by atoms with Crippen LogP contribution in [-0.4, -0.2) is 24.6 Å². The molecule has 0 unspecified atom stereocenters. The number of hydrogen-bond donors (Lipinski definition) is 1. The Labute approximate surface area is 183 Å². The van der Waals surface area contributed by atoms with Gasteiger partial charge >= 0.3 is 0 Å². The van der Waals surface area contributed by atoms with Crippen LogP contribution in [0.1, 0.15) is 0 Å². The molecule has 0 atom stereocenters. The van der Waals surface area contributed by atoms with E-state index in [4.69, 9.17) is 21.6 Å². The standard InChI is InChI=1S/C21H12BrClN6O/c22-15-5-3-4-14-17(15)26-21(25-16-6-1-2-11-24-20(16)30)29-19(14)27-18(28-29)12-7-9-13(23)10-8-12/h1-11H,(H,24,25,26,30). The van der Waals surface area contributed by atoms with Gasteiger partial charge in [0.05, 0.1) is 5.52 Å². The number of hydrogen-bond acceptors (Lipinski definition) is 6. The monoisotopic (exact) mass is 478 g/mol. The summed E-state index contributed by atoms with van der Waals surface area (Å²) >= 11 is 9.56. The number of fused-ring (bicyclic) bond motifs is 3. The van der Waals surface area contributed by atoms with Crippen molar-refractivity contribution in [2.24, 2.45) is 0 Å². The SMILES string of the molecule is O=c1nccccc1Nc1nc2c(Br)cccc2c2nc(-c3ccc(Cl)cc3)nn12. The number of halogens is 2. The predicted molar refractivity (Wildman–Crippen MR) is 120 cm³/mol. The van der Waals surface area contributed by atoms with Crippen molar-refractivity contribution in [2.45, 2.75) is 0 Å². The zero-order chi connectivity index (χ0) is 20.7. The third-order valence-electron chi connectivity index (χ3n) is 4.48. The van der Waals surface area contributed by atoms with Gasteiger partial charge in [0.1, 0.15) is 5.69 Å². The topological polar surface area (TPSA) is 85.1 Å². The highest BCUT2D eigenvalue weighted by molar-refractivity contribution is 9.10. The quantitative estimate of drug-likeness (QED) is 0.398. The fourth-order valence-electron chi connectivity index (χ4n) is 3.07. The third kappa shape index (κ3) is 3.30. The minimum Gasteiger partial charge on any atom is -0.319 e. The van der Waals surface area contributed by atoms with Gasteiger partial charge in [0.25, 0.3) is 5.56 Å². The summed E-state index contributed by atoms with van der Waals surface area (Å²) in [5, 5.41) is 9.15. The molecule has 2 aromatic carbocycles. The molecule has 3 aromatic heterocycles. The smallest absolute Gasteiger partial charge is 0.293 e. The molecule has 0 radical (unpaired) electrons. The highest BCUT2D eigenvalue weighted by Crippen LogP contribution is 2.29. The lowest BCUT2D eigenvalue weighted by Crippen LogP contribution is -2.11. The van der Waals surface area contributed by atoms with E-state index in [1.165, 1.54) is 6.20 Å². The number of nitrogens with zero attached hydrogens (tertiary/aromatic N) is 5. The van der Waals surface area contributed by atoms with Crippen molar-refractivity contribution in [1.82, 2.24) is 24.6 Å². The lowest BCUT2D eigenvalue weighted by atomic mass is 10.2. The molecule has 9 heteroatoms. The molecule has 0 aliphatic rings. The number of nitrogens with one attached hydrogen (secondary N) is 1. The molecule has 0 saturated carbocycles.